The van der Waals surface area contributed by atoms with Crippen LogP contribution in [0.2, 0.25) is 0 Å². The predicted octanol–water partition coefficient (Wildman–Crippen LogP) is -9.95. The summed E-state index contributed by atoms with van der Waals surface area (Å²) in [7, 11) is 3.28. The summed E-state index contributed by atoms with van der Waals surface area (Å²) < 4.78 is 60.9. The number of aliphatic hydroxyl groups is 10. The van der Waals surface area contributed by atoms with Crippen molar-refractivity contribution in [2.75, 3.05) is 80.6 Å². The van der Waals surface area contributed by atoms with Crippen molar-refractivity contribution in [2.45, 2.75) is 221 Å². The fourth-order valence-electron chi connectivity index (χ4n) is 12.4. The first-order valence-electron chi connectivity index (χ1n) is 29.8. The van der Waals surface area contributed by atoms with Gasteiger partial charge in [0, 0.05) is 83.6 Å². The molecule has 33 unspecified atom stereocenters. The van der Waals surface area contributed by atoms with Crippen molar-refractivity contribution in [1.82, 2.24) is 0 Å². The summed E-state index contributed by atoms with van der Waals surface area (Å²) in [6.45, 7) is 1.77. The van der Waals surface area contributed by atoms with E-state index in [2.05, 4.69) is 0 Å². The van der Waals surface area contributed by atoms with Crippen molar-refractivity contribution >= 4 is 45.1 Å². The Morgan fingerprint density at radius 2 is 0.907 bits per heavy atom. The highest BCUT2D eigenvalue weighted by molar-refractivity contribution is 8.76. The van der Waals surface area contributed by atoms with Crippen LogP contribution in [0.25, 0.3) is 0 Å². The molecule has 7 fully saturated rings. The summed E-state index contributed by atoms with van der Waals surface area (Å²) in [4.78, 5) is 0. The maximum Gasteiger partial charge on any atom is 0.186 e. The van der Waals surface area contributed by atoms with Crippen molar-refractivity contribution in [3.05, 3.63) is 0 Å². The van der Waals surface area contributed by atoms with E-state index in [1.165, 1.54) is 23.5 Å². The van der Waals surface area contributed by atoms with Crippen molar-refractivity contribution in [3.63, 3.8) is 0 Å². The van der Waals surface area contributed by atoms with Gasteiger partial charge in [-0.25, -0.2) is 0 Å². The molecule has 4 heterocycles. The minimum absolute atomic E-state index is 0.0162. The summed E-state index contributed by atoms with van der Waals surface area (Å²) in [6.07, 6.45) is -24.6. The maximum absolute atomic E-state index is 12.0. The molecule has 3 saturated carbocycles. The predicted molar refractivity (Wildman–Crippen MR) is 320 cm³/mol. The molecule has 0 aromatic rings. The lowest BCUT2D eigenvalue weighted by Crippen LogP contribution is -2.68. The lowest BCUT2D eigenvalue weighted by atomic mass is 9.74. The topological polar surface area (TPSA) is 581 Å². The van der Waals surface area contributed by atoms with Gasteiger partial charge in [0.2, 0.25) is 0 Å². The van der Waals surface area contributed by atoms with Crippen LogP contribution >= 0.6 is 45.1 Å². The second kappa shape index (κ2) is 35.1. The third-order valence-electron chi connectivity index (χ3n) is 17.6. The molecular formula is C51H101N11O20S4. The molecule has 0 aromatic carbocycles. The second-order valence-electron chi connectivity index (χ2n) is 23.6. The van der Waals surface area contributed by atoms with Crippen LogP contribution < -0.4 is 63.1 Å². The fraction of sp³-hybridized carbons (Fsp3) is 1.00. The molecule has 0 aromatic heterocycles. The zero-order valence-electron chi connectivity index (χ0n) is 48.3. The molecule has 4 saturated heterocycles. The van der Waals surface area contributed by atoms with Crippen LogP contribution in [0.15, 0.2) is 0 Å². The van der Waals surface area contributed by atoms with Gasteiger partial charge in [0.15, 0.2) is 18.9 Å². The largest absolute Gasteiger partial charge is 0.391 e. The molecule has 0 spiro atoms. The van der Waals surface area contributed by atoms with E-state index in [1.807, 2.05) is 0 Å². The number of aliphatic hydroxyl groups excluding tert-OH is 10. The van der Waals surface area contributed by atoms with E-state index in [1.54, 1.807) is 21.6 Å². The number of nitrogens with two attached hydrogens (primary N) is 11. The minimum Gasteiger partial charge on any atom is -0.391 e. The Bertz CT molecular complexity index is 1970. The molecule has 504 valence electrons. The highest BCUT2D eigenvalue weighted by Crippen LogP contribution is 2.40. The molecule has 0 bridgehead atoms. The first-order chi connectivity index (χ1) is 41.0. The normalized spacial score (nSPS) is 47.8. The summed E-state index contributed by atoms with van der Waals surface area (Å²) in [5.41, 5.74) is 68.3. The number of thioether (sulfide) groups is 2. The van der Waals surface area contributed by atoms with Crippen molar-refractivity contribution in [2.24, 2.45) is 74.9 Å². The van der Waals surface area contributed by atoms with Crippen LogP contribution in [0.3, 0.4) is 0 Å². The number of rotatable bonds is 30. The average Bonchev–Trinajstić information content (AvgIpc) is 2.28. The maximum atomic E-state index is 12.0. The summed E-state index contributed by atoms with van der Waals surface area (Å²) in [5, 5.41) is 110. The Morgan fingerprint density at radius 3 is 1.52 bits per heavy atom. The first kappa shape index (κ1) is 73.6. The molecule has 4 aliphatic heterocycles. The molecule has 86 heavy (non-hydrogen) atoms. The Kier molecular flexibility index (Phi) is 30.0. The van der Waals surface area contributed by atoms with Crippen LogP contribution in [-0.2, 0) is 47.4 Å². The Labute approximate surface area is 518 Å². The van der Waals surface area contributed by atoms with Gasteiger partial charge in [-0.05, 0) is 38.6 Å². The van der Waals surface area contributed by atoms with Crippen molar-refractivity contribution in [3.8, 4) is 0 Å². The molecular weight excluding hydrogens is 1210 g/mol. The quantitative estimate of drug-likeness (QED) is 0.0235. The van der Waals surface area contributed by atoms with Crippen LogP contribution in [0.5, 0.6) is 0 Å². The molecule has 3 aliphatic carbocycles. The first-order valence-corrected chi connectivity index (χ1v) is 34.6. The SMILES string of the molecule is NCC1CC(OC2C(N)CC(N)C(O)C2CC2OC(CSCCOCCSSCCOCCSCC3OC(OC4C(N)CC(N)C(OC5OC(CN)C(O)CC5N)C4O)C(O)C(N)C3O)C(OC3OC(CN)C(O)C(O)C3N)C2O)C(N)C(O)C1O. The van der Waals surface area contributed by atoms with Crippen LogP contribution in [0, 0.1) is 11.8 Å². The van der Waals surface area contributed by atoms with Crippen LogP contribution in [-0.4, -0.2) is 321 Å². The summed E-state index contributed by atoms with van der Waals surface area (Å²) in [5.74, 6) is 1.90. The summed E-state index contributed by atoms with van der Waals surface area (Å²) in [6, 6.07) is -6.95. The molecule has 7 rings (SSSR count). The van der Waals surface area contributed by atoms with E-state index in [0.29, 0.717) is 55.2 Å². The second-order valence-corrected chi connectivity index (χ2v) is 28.6. The van der Waals surface area contributed by atoms with Gasteiger partial charge in [-0.2, -0.15) is 23.5 Å². The molecule has 31 nitrogen and oxygen atoms in total. The smallest absolute Gasteiger partial charge is 0.186 e. The van der Waals surface area contributed by atoms with E-state index >= 15 is 0 Å². The monoisotopic (exact) mass is 1320 g/mol. The molecule has 0 amide bonds. The Hall–Kier alpha value is 0.160. The lowest BCUT2D eigenvalue weighted by molar-refractivity contribution is -0.309. The van der Waals surface area contributed by atoms with Gasteiger partial charge in [-0.3, -0.25) is 0 Å². The zero-order chi connectivity index (χ0) is 62.7. The molecule has 35 heteroatoms. The van der Waals surface area contributed by atoms with Crippen LogP contribution in [0.4, 0.5) is 0 Å². The zero-order valence-corrected chi connectivity index (χ0v) is 51.6. The Balaban J connectivity index is 0.794. The minimum atomic E-state index is -1.45. The molecule has 33 atom stereocenters. The lowest BCUT2D eigenvalue weighted by Gasteiger charge is -2.48. The van der Waals surface area contributed by atoms with Gasteiger partial charge >= 0.3 is 0 Å². The van der Waals surface area contributed by atoms with E-state index in [4.69, 9.17) is 110 Å². The third kappa shape index (κ3) is 18.5. The molecule has 32 N–H and O–H groups in total. The molecule has 7 aliphatic rings. The van der Waals surface area contributed by atoms with Gasteiger partial charge in [0.1, 0.15) is 54.9 Å². The van der Waals surface area contributed by atoms with Gasteiger partial charge in [0.05, 0.1) is 118 Å². The van der Waals surface area contributed by atoms with Gasteiger partial charge < -0.3 is 162 Å². The van der Waals surface area contributed by atoms with E-state index in [9.17, 15) is 51.1 Å². The van der Waals surface area contributed by atoms with Gasteiger partial charge in [0.25, 0.3) is 0 Å². The molecule has 0 radical (unpaired) electrons. The number of ether oxygens (including phenoxy) is 10. The standard InChI is InChI=1S/C51H101N11O20S4/c52-14-19-9-27(33(60)41(69)36(19)64)76-45-20(37(65)21(55)11-22(45)56)10-28-40(68)48(82-50-35(62)42(70)39(67)30(16-54)78-50)32(75-28)18-84-6-2-74-4-8-86-85-7-3-73-1-5-83-17-31-38(66)34(61)43(71)51(79-31)81-47-24(58)12-23(57)46(44(47)72)80-49-25(59)13-26(63)29(15-53)77-49/h19-51,63-72H,1-18,52-62H2. The highest BCUT2D eigenvalue weighted by atomic mass is 33.1. The van der Waals surface area contributed by atoms with Gasteiger partial charge in [-0.1, -0.05) is 21.6 Å². The van der Waals surface area contributed by atoms with E-state index < -0.39 is 201 Å². The van der Waals surface area contributed by atoms with E-state index in [0.717, 1.165) is 5.75 Å². The van der Waals surface area contributed by atoms with Crippen LogP contribution in [0.1, 0.15) is 32.1 Å². The number of hydrogen-bond donors (Lipinski definition) is 21. The van der Waals surface area contributed by atoms with Crippen molar-refractivity contribution in [1.29, 1.82) is 0 Å². The third-order valence-corrected chi connectivity index (χ3v) is 21.9. The Morgan fingerprint density at radius 1 is 0.372 bits per heavy atom. The van der Waals surface area contributed by atoms with Gasteiger partial charge in [-0.15, -0.1) is 0 Å². The summed E-state index contributed by atoms with van der Waals surface area (Å²) >= 11 is 2.96. The fourth-order valence-corrected chi connectivity index (χ4v) is 15.9. The van der Waals surface area contributed by atoms with Crippen molar-refractivity contribution < 1.29 is 98.4 Å². The highest BCUT2D eigenvalue weighted by Gasteiger charge is 2.55. The number of hydrogen-bond acceptors (Lipinski definition) is 35. The average molecular weight is 1320 g/mol. The van der Waals surface area contributed by atoms with E-state index in [-0.39, 0.29) is 51.7 Å².